The molecule has 1 unspecified atom stereocenters. The van der Waals surface area contributed by atoms with Crippen molar-refractivity contribution in [1.82, 2.24) is 14.9 Å². The fourth-order valence-electron chi connectivity index (χ4n) is 2.54. The van der Waals surface area contributed by atoms with Gasteiger partial charge in [-0.25, -0.2) is 4.98 Å². The summed E-state index contributed by atoms with van der Waals surface area (Å²) in [5.41, 5.74) is 3.20. The molecular formula is C17H19N3O. The maximum absolute atomic E-state index is 9.58. The molecule has 1 heterocycles. The maximum Gasteiger partial charge on any atom is 0.123 e. The monoisotopic (exact) mass is 281 g/mol. The Morgan fingerprint density at radius 3 is 2.52 bits per heavy atom. The van der Waals surface area contributed by atoms with Gasteiger partial charge in [0, 0.05) is 7.05 Å². The Labute approximate surface area is 124 Å². The summed E-state index contributed by atoms with van der Waals surface area (Å²) in [5.74, 6) is 0.964. The fraction of sp³-hybridized carbons (Fsp3) is 0.235. The lowest BCUT2D eigenvalue weighted by atomic mass is 10.1. The van der Waals surface area contributed by atoms with Crippen LogP contribution in [0.25, 0.3) is 11.0 Å². The average Bonchev–Trinajstić information content (AvgIpc) is 2.86. The number of aliphatic hydroxyl groups excluding tert-OH is 1. The van der Waals surface area contributed by atoms with Gasteiger partial charge in [-0.2, -0.15) is 0 Å². The molecule has 0 bridgehead atoms. The van der Waals surface area contributed by atoms with E-state index in [1.165, 1.54) is 0 Å². The molecular weight excluding hydrogens is 262 g/mol. The number of benzene rings is 2. The van der Waals surface area contributed by atoms with Crippen molar-refractivity contribution in [2.45, 2.75) is 12.6 Å². The summed E-state index contributed by atoms with van der Waals surface area (Å²) in [4.78, 5) is 4.63. The third-order valence-corrected chi connectivity index (χ3v) is 3.77. The SMILES string of the molecule is Cn1c(CNC(CO)c2ccccc2)nc2ccccc21. The largest absolute Gasteiger partial charge is 0.394 e. The van der Waals surface area contributed by atoms with Gasteiger partial charge in [0.2, 0.25) is 0 Å². The number of nitrogens with one attached hydrogen (secondary N) is 1. The molecule has 0 saturated carbocycles. The van der Waals surface area contributed by atoms with E-state index < -0.39 is 0 Å². The average molecular weight is 281 g/mol. The van der Waals surface area contributed by atoms with Gasteiger partial charge in [0.05, 0.1) is 30.2 Å². The summed E-state index contributed by atoms with van der Waals surface area (Å²) in [6, 6.07) is 18.0. The summed E-state index contributed by atoms with van der Waals surface area (Å²) in [7, 11) is 2.02. The predicted octanol–water partition coefficient (Wildman–Crippen LogP) is 2.40. The molecule has 108 valence electrons. The third kappa shape index (κ3) is 2.82. The number of aryl methyl sites for hydroxylation is 1. The van der Waals surface area contributed by atoms with Crippen molar-refractivity contribution in [2.75, 3.05) is 6.61 Å². The van der Waals surface area contributed by atoms with Crippen LogP contribution < -0.4 is 5.32 Å². The number of hydrogen-bond acceptors (Lipinski definition) is 3. The van der Waals surface area contributed by atoms with Crippen LogP contribution in [0.3, 0.4) is 0 Å². The van der Waals surface area contributed by atoms with Crippen molar-refractivity contribution in [3.8, 4) is 0 Å². The van der Waals surface area contributed by atoms with Gasteiger partial charge in [-0.05, 0) is 17.7 Å². The summed E-state index contributed by atoms with van der Waals surface area (Å²) in [6.07, 6.45) is 0. The molecule has 3 rings (SSSR count). The summed E-state index contributed by atoms with van der Waals surface area (Å²) >= 11 is 0. The van der Waals surface area contributed by atoms with Crippen LogP contribution in [-0.2, 0) is 13.6 Å². The van der Waals surface area contributed by atoms with Gasteiger partial charge in [-0.15, -0.1) is 0 Å². The Morgan fingerprint density at radius 1 is 1.10 bits per heavy atom. The van der Waals surface area contributed by atoms with Gasteiger partial charge in [0.25, 0.3) is 0 Å². The van der Waals surface area contributed by atoms with Crippen LogP contribution in [0.2, 0.25) is 0 Å². The Kier molecular flexibility index (Phi) is 3.99. The van der Waals surface area contributed by atoms with E-state index in [-0.39, 0.29) is 12.6 Å². The topological polar surface area (TPSA) is 50.1 Å². The van der Waals surface area contributed by atoms with E-state index in [1.807, 2.05) is 55.6 Å². The minimum atomic E-state index is -0.0778. The molecule has 4 heteroatoms. The number of fused-ring (bicyclic) bond motifs is 1. The number of nitrogens with zero attached hydrogens (tertiary/aromatic N) is 2. The molecule has 1 atom stereocenters. The highest BCUT2D eigenvalue weighted by Crippen LogP contribution is 2.16. The van der Waals surface area contributed by atoms with E-state index in [0.29, 0.717) is 6.54 Å². The molecule has 0 aliphatic carbocycles. The van der Waals surface area contributed by atoms with Crippen molar-refractivity contribution in [2.24, 2.45) is 7.05 Å². The maximum atomic E-state index is 9.58. The zero-order valence-electron chi connectivity index (χ0n) is 12.0. The van der Waals surface area contributed by atoms with E-state index in [1.54, 1.807) is 0 Å². The highest BCUT2D eigenvalue weighted by Gasteiger charge is 2.12. The molecule has 2 N–H and O–H groups in total. The van der Waals surface area contributed by atoms with Crippen molar-refractivity contribution in [3.63, 3.8) is 0 Å². The Bertz CT molecular complexity index is 721. The molecule has 0 saturated heterocycles. The Hall–Kier alpha value is -2.17. The molecule has 3 aromatic rings. The first-order valence-corrected chi connectivity index (χ1v) is 7.09. The van der Waals surface area contributed by atoms with E-state index >= 15 is 0 Å². The molecule has 0 fully saturated rings. The van der Waals surface area contributed by atoms with Crippen LogP contribution in [0.1, 0.15) is 17.4 Å². The molecule has 21 heavy (non-hydrogen) atoms. The number of hydrogen-bond donors (Lipinski definition) is 2. The van der Waals surface area contributed by atoms with Crippen molar-refractivity contribution in [3.05, 3.63) is 66.0 Å². The van der Waals surface area contributed by atoms with Crippen LogP contribution >= 0.6 is 0 Å². The van der Waals surface area contributed by atoms with E-state index in [4.69, 9.17) is 0 Å². The van der Waals surface area contributed by atoms with Gasteiger partial charge in [0.1, 0.15) is 5.82 Å². The molecule has 0 amide bonds. The molecule has 4 nitrogen and oxygen atoms in total. The fourth-order valence-corrected chi connectivity index (χ4v) is 2.54. The quantitative estimate of drug-likeness (QED) is 0.755. The number of aromatic nitrogens is 2. The van der Waals surface area contributed by atoms with E-state index in [9.17, 15) is 5.11 Å². The smallest absolute Gasteiger partial charge is 0.123 e. The molecule has 0 aliphatic heterocycles. The summed E-state index contributed by atoms with van der Waals surface area (Å²) < 4.78 is 2.09. The normalized spacial score (nSPS) is 12.7. The zero-order chi connectivity index (χ0) is 14.7. The molecule has 0 aliphatic rings. The van der Waals surface area contributed by atoms with Crippen molar-refractivity contribution >= 4 is 11.0 Å². The van der Waals surface area contributed by atoms with Crippen LogP contribution in [0.5, 0.6) is 0 Å². The zero-order valence-corrected chi connectivity index (χ0v) is 12.0. The Morgan fingerprint density at radius 2 is 1.81 bits per heavy atom. The number of rotatable bonds is 5. The second-order valence-corrected chi connectivity index (χ2v) is 5.10. The first kappa shape index (κ1) is 13.8. The highest BCUT2D eigenvalue weighted by atomic mass is 16.3. The van der Waals surface area contributed by atoms with E-state index in [0.717, 1.165) is 22.4 Å². The number of aliphatic hydroxyl groups is 1. The molecule has 2 aromatic carbocycles. The standard InChI is InChI=1S/C17H19N3O/c1-20-16-10-6-5-9-14(16)19-17(20)11-18-15(12-21)13-7-3-2-4-8-13/h2-10,15,18,21H,11-12H2,1H3. The second kappa shape index (κ2) is 6.08. The van der Waals surface area contributed by atoms with E-state index in [2.05, 4.69) is 20.9 Å². The number of imidazole rings is 1. The lowest BCUT2D eigenvalue weighted by Crippen LogP contribution is -2.25. The Balaban J connectivity index is 1.78. The highest BCUT2D eigenvalue weighted by molar-refractivity contribution is 5.75. The predicted molar refractivity (Wildman–Crippen MR) is 83.8 cm³/mol. The lowest BCUT2D eigenvalue weighted by Gasteiger charge is -2.16. The van der Waals surface area contributed by atoms with Crippen LogP contribution in [0.15, 0.2) is 54.6 Å². The van der Waals surface area contributed by atoms with Crippen LogP contribution in [0, 0.1) is 0 Å². The number of para-hydroxylation sites is 2. The first-order chi connectivity index (χ1) is 10.3. The third-order valence-electron chi connectivity index (χ3n) is 3.77. The van der Waals surface area contributed by atoms with Gasteiger partial charge in [-0.1, -0.05) is 42.5 Å². The molecule has 0 spiro atoms. The lowest BCUT2D eigenvalue weighted by molar-refractivity contribution is 0.242. The second-order valence-electron chi connectivity index (χ2n) is 5.10. The van der Waals surface area contributed by atoms with Gasteiger partial charge in [-0.3, -0.25) is 0 Å². The van der Waals surface area contributed by atoms with Gasteiger partial charge < -0.3 is 15.0 Å². The van der Waals surface area contributed by atoms with Crippen molar-refractivity contribution in [1.29, 1.82) is 0 Å². The van der Waals surface area contributed by atoms with Crippen LogP contribution in [0.4, 0.5) is 0 Å². The van der Waals surface area contributed by atoms with Gasteiger partial charge >= 0.3 is 0 Å². The summed E-state index contributed by atoms with van der Waals surface area (Å²) in [6.45, 7) is 0.680. The minimum Gasteiger partial charge on any atom is -0.394 e. The minimum absolute atomic E-state index is 0.0634. The first-order valence-electron chi connectivity index (χ1n) is 7.09. The summed E-state index contributed by atoms with van der Waals surface area (Å²) in [5, 5.41) is 12.9. The van der Waals surface area contributed by atoms with Crippen molar-refractivity contribution < 1.29 is 5.11 Å². The van der Waals surface area contributed by atoms with Crippen LogP contribution in [-0.4, -0.2) is 21.3 Å². The molecule has 1 aromatic heterocycles. The molecule has 0 radical (unpaired) electrons. The van der Waals surface area contributed by atoms with Gasteiger partial charge in [0.15, 0.2) is 0 Å².